The first-order chi connectivity index (χ1) is 12.3. The fourth-order valence-electron chi connectivity index (χ4n) is 6.14. The summed E-state index contributed by atoms with van der Waals surface area (Å²) in [7, 11) is 0. The summed E-state index contributed by atoms with van der Waals surface area (Å²) in [6.07, 6.45) is 11.8. The van der Waals surface area contributed by atoms with Gasteiger partial charge in [-0.1, -0.05) is 58.4 Å². The summed E-state index contributed by atoms with van der Waals surface area (Å²) in [5.74, 6) is 2.24. The van der Waals surface area contributed by atoms with E-state index in [-0.39, 0.29) is 5.92 Å². The van der Waals surface area contributed by atoms with Crippen LogP contribution in [-0.4, -0.2) is 22.4 Å². The Hall–Kier alpha value is -0.860. The number of allylic oxidation sites excluding steroid dienone is 3. The highest BCUT2D eigenvalue weighted by Crippen LogP contribution is 2.59. The molecular formula is C24H38O2. The van der Waals surface area contributed by atoms with E-state index >= 15 is 0 Å². The number of hydrogen-bond acceptors (Lipinski definition) is 2. The minimum atomic E-state index is -0.624. The Morgan fingerprint density at radius 3 is 2.69 bits per heavy atom. The Labute approximate surface area is 160 Å². The molecule has 0 saturated heterocycles. The van der Waals surface area contributed by atoms with Crippen LogP contribution in [0.5, 0.6) is 0 Å². The summed E-state index contributed by atoms with van der Waals surface area (Å²) in [5, 5.41) is 20.5. The van der Waals surface area contributed by atoms with Gasteiger partial charge in [0.15, 0.2) is 0 Å². The third-order valence-electron chi connectivity index (χ3n) is 8.17. The van der Waals surface area contributed by atoms with E-state index in [9.17, 15) is 10.2 Å². The largest absolute Gasteiger partial charge is 0.392 e. The van der Waals surface area contributed by atoms with Crippen LogP contribution in [-0.2, 0) is 0 Å². The van der Waals surface area contributed by atoms with E-state index in [0.717, 1.165) is 23.0 Å². The quantitative estimate of drug-likeness (QED) is 0.707. The van der Waals surface area contributed by atoms with Gasteiger partial charge in [-0.3, -0.25) is 0 Å². The molecule has 3 saturated carbocycles. The maximum absolute atomic E-state index is 10.3. The zero-order valence-electron chi connectivity index (χ0n) is 17.2. The highest BCUT2D eigenvalue weighted by molar-refractivity contribution is 5.39. The van der Waals surface area contributed by atoms with Crippen LogP contribution < -0.4 is 0 Å². The Morgan fingerprint density at radius 2 is 2.00 bits per heavy atom. The molecule has 26 heavy (non-hydrogen) atoms. The van der Waals surface area contributed by atoms with E-state index in [1.165, 1.54) is 38.5 Å². The normalized spacial score (nSPS) is 45.2. The lowest BCUT2D eigenvalue weighted by Crippen LogP contribution is -2.36. The summed E-state index contributed by atoms with van der Waals surface area (Å²) in [5.41, 5.74) is 3.86. The highest BCUT2D eigenvalue weighted by Gasteiger charge is 2.50. The van der Waals surface area contributed by atoms with Gasteiger partial charge in [0.25, 0.3) is 0 Å². The first-order valence-electron chi connectivity index (χ1n) is 10.7. The van der Waals surface area contributed by atoms with Crippen LogP contribution in [0.1, 0.15) is 72.6 Å². The number of fused-ring (bicyclic) bond motifs is 1. The molecule has 0 radical (unpaired) electrons. The molecule has 146 valence electrons. The lowest BCUT2D eigenvalue weighted by molar-refractivity contribution is 0.0283. The van der Waals surface area contributed by atoms with Crippen molar-refractivity contribution in [3.8, 4) is 0 Å². The topological polar surface area (TPSA) is 40.5 Å². The molecule has 3 rings (SSSR count). The molecule has 2 heteroatoms. The third-order valence-corrected chi connectivity index (χ3v) is 8.17. The van der Waals surface area contributed by atoms with Crippen molar-refractivity contribution in [1.82, 2.24) is 0 Å². The van der Waals surface area contributed by atoms with Crippen LogP contribution in [0.25, 0.3) is 0 Å². The molecule has 0 heterocycles. The van der Waals surface area contributed by atoms with E-state index in [1.54, 1.807) is 5.57 Å². The Bertz CT molecular complexity index is 601. The van der Waals surface area contributed by atoms with E-state index in [2.05, 4.69) is 39.5 Å². The molecule has 2 nitrogen and oxygen atoms in total. The van der Waals surface area contributed by atoms with Crippen molar-refractivity contribution in [2.45, 2.75) is 84.8 Å². The van der Waals surface area contributed by atoms with Gasteiger partial charge in [0, 0.05) is 5.92 Å². The SMILES string of the molecule is C=C1/C(=C\C=C2/CCC[C@]3(C)[C@@H]([C@@H](C)CC)CC[C@@H]23)C[C@H](O)[C@H](C)[C@@H]1O. The Balaban J connectivity index is 1.82. The van der Waals surface area contributed by atoms with E-state index in [1.807, 2.05) is 6.92 Å². The van der Waals surface area contributed by atoms with Crippen LogP contribution in [0, 0.1) is 29.1 Å². The van der Waals surface area contributed by atoms with Crippen molar-refractivity contribution < 1.29 is 10.2 Å². The average molecular weight is 359 g/mol. The second-order valence-electron chi connectivity index (χ2n) is 9.52. The summed E-state index contributed by atoms with van der Waals surface area (Å²) >= 11 is 0. The first-order valence-corrected chi connectivity index (χ1v) is 10.7. The molecule has 0 aromatic rings. The third kappa shape index (κ3) is 3.36. The molecule has 0 aliphatic heterocycles. The maximum atomic E-state index is 10.3. The summed E-state index contributed by atoms with van der Waals surface area (Å²) in [6.45, 7) is 13.3. The molecule has 3 fully saturated rings. The van der Waals surface area contributed by atoms with Crippen molar-refractivity contribution >= 4 is 0 Å². The van der Waals surface area contributed by atoms with Gasteiger partial charge in [-0.25, -0.2) is 0 Å². The molecule has 0 amide bonds. The van der Waals surface area contributed by atoms with Crippen LogP contribution in [0.2, 0.25) is 0 Å². The van der Waals surface area contributed by atoms with E-state index in [0.29, 0.717) is 17.8 Å². The maximum Gasteiger partial charge on any atom is 0.0837 e. The van der Waals surface area contributed by atoms with Gasteiger partial charge < -0.3 is 10.2 Å². The lowest BCUT2D eigenvalue weighted by atomic mass is 9.61. The predicted octanol–water partition coefficient (Wildman–Crippen LogP) is 5.42. The molecule has 0 bridgehead atoms. The fraction of sp³-hybridized carbons (Fsp3) is 0.750. The van der Waals surface area contributed by atoms with Crippen LogP contribution in [0.3, 0.4) is 0 Å². The van der Waals surface area contributed by atoms with E-state index in [4.69, 9.17) is 0 Å². The molecule has 0 unspecified atom stereocenters. The Morgan fingerprint density at radius 1 is 1.27 bits per heavy atom. The lowest BCUT2D eigenvalue weighted by Gasteiger charge is -2.44. The average Bonchev–Trinajstić information content (AvgIpc) is 2.98. The highest BCUT2D eigenvalue weighted by atomic mass is 16.3. The van der Waals surface area contributed by atoms with E-state index < -0.39 is 12.2 Å². The zero-order valence-corrected chi connectivity index (χ0v) is 17.2. The minimum Gasteiger partial charge on any atom is -0.392 e. The van der Waals surface area contributed by atoms with Crippen molar-refractivity contribution in [2.75, 3.05) is 0 Å². The van der Waals surface area contributed by atoms with Crippen LogP contribution in [0.15, 0.2) is 35.5 Å². The van der Waals surface area contributed by atoms with Crippen LogP contribution in [0.4, 0.5) is 0 Å². The van der Waals surface area contributed by atoms with Gasteiger partial charge in [-0.15, -0.1) is 0 Å². The molecule has 7 atom stereocenters. The molecule has 3 aliphatic carbocycles. The minimum absolute atomic E-state index is 0.128. The van der Waals surface area contributed by atoms with Crippen molar-refractivity contribution in [3.63, 3.8) is 0 Å². The van der Waals surface area contributed by atoms with Crippen molar-refractivity contribution in [2.24, 2.45) is 29.1 Å². The number of aliphatic hydroxyl groups is 2. The first kappa shape index (κ1) is 19.9. The smallest absolute Gasteiger partial charge is 0.0837 e. The number of aliphatic hydroxyl groups excluding tert-OH is 2. The molecule has 0 aromatic carbocycles. The summed E-state index contributed by atoms with van der Waals surface area (Å²) in [6, 6.07) is 0. The fourth-order valence-corrected chi connectivity index (χ4v) is 6.14. The Kier molecular flexibility index (Phi) is 5.84. The second kappa shape index (κ2) is 7.64. The summed E-state index contributed by atoms with van der Waals surface area (Å²) in [4.78, 5) is 0. The van der Waals surface area contributed by atoms with Gasteiger partial charge in [-0.05, 0) is 72.8 Å². The van der Waals surface area contributed by atoms with Crippen molar-refractivity contribution in [3.05, 3.63) is 35.5 Å². The monoisotopic (exact) mass is 358 g/mol. The molecule has 0 spiro atoms. The zero-order chi connectivity index (χ0) is 19.1. The predicted molar refractivity (Wildman–Crippen MR) is 109 cm³/mol. The number of rotatable bonds is 3. The van der Waals surface area contributed by atoms with Gasteiger partial charge >= 0.3 is 0 Å². The molecule has 0 aromatic heterocycles. The number of hydrogen-bond donors (Lipinski definition) is 2. The van der Waals surface area contributed by atoms with Gasteiger partial charge in [-0.2, -0.15) is 0 Å². The van der Waals surface area contributed by atoms with Crippen molar-refractivity contribution in [1.29, 1.82) is 0 Å². The molecular weight excluding hydrogens is 320 g/mol. The van der Waals surface area contributed by atoms with Gasteiger partial charge in [0.2, 0.25) is 0 Å². The molecule has 2 N–H and O–H groups in total. The second-order valence-corrected chi connectivity index (χ2v) is 9.52. The molecule has 3 aliphatic rings. The van der Waals surface area contributed by atoms with Crippen LogP contribution >= 0.6 is 0 Å². The summed E-state index contributed by atoms with van der Waals surface area (Å²) < 4.78 is 0. The van der Waals surface area contributed by atoms with Gasteiger partial charge in [0.1, 0.15) is 0 Å². The van der Waals surface area contributed by atoms with Gasteiger partial charge in [0.05, 0.1) is 12.2 Å². The standard InChI is InChI=1S/C24H38O2/c1-6-15(2)20-11-12-21-18(8-7-13-24(20,21)5)9-10-19-14-22(25)17(4)23(26)16(19)3/h9-10,15,17,20-23,25-26H,3,6-8,11-14H2,1-2,4-5H3/b18-9+,19-10-/t15-,17-,20+,21-,22-,23+,24+/m0/s1.